The number of hydrogen-bond acceptors (Lipinski definition) is 6. The standard InChI is InChI=1S/C42H43N5O2/c1-30(2)38(40(48)49-41(3,4)5)43-29-31-25-27-32(28-26-31)36-23-15-16-24-37(36)39-44-46-47(45-39)42(33-17-9-6-10-18-33,34-19-11-7-12-20-34)35-21-13-8-14-22-35/h6-28,30,38,43H,29H2,1-5H3/t38-/m0/s1. The number of aromatic nitrogens is 4. The first-order valence-electron chi connectivity index (χ1n) is 16.8. The third-order valence-electron chi connectivity index (χ3n) is 8.57. The van der Waals surface area contributed by atoms with E-state index in [1.807, 2.05) is 107 Å². The normalized spacial score (nSPS) is 12.5. The molecule has 0 unspecified atom stereocenters. The van der Waals surface area contributed by atoms with Gasteiger partial charge in [-0.2, -0.15) is 0 Å². The van der Waals surface area contributed by atoms with Crippen LogP contribution in [0.1, 0.15) is 56.9 Å². The van der Waals surface area contributed by atoms with Gasteiger partial charge in [0.05, 0.1) is 0 Å². The van der Waals surface area contributed by atoms with Crippen molar-refractivity contribution >= 4 is 5.97 Å². The van der Waals surface area contributed by atoms with Gasteiger partial charge in [0.1, 0.15) is 11.6 Å². The van der Waals surface area contributed by atoms with Crippen molar-refractivity contribution in [1.29, 1.82) is 0 Å². The van der Waals surface area contributed by atoms with E-state index in [1.54, 1.807) is 4.80 Å². The second-order valence-corrected chi connectivity index (χ2v) is 13.6. The molecule has 0 spiro atoms. The molecule has 0 saturated heterocycles. The van der Waals surface area contributed by atoms with Gasteiger partial charge in [0, 0.05) is 12.1 Å². The van der Waals surface area contributed by atoms with Crippen LogP contribution in [-0.2, 0) is 21.6 Å². The van der Waals surface area contributed by atoms with Gasteiger partial charge in [-0.3, -0.25) is 4.79 Å². The fraction of sp³-hybridized carbons (Fsp3) is 0.238. The molecule has 5 aromatic carbocycles. The van der Waals surface area contributed by atoms with Crippen molar-refractivity contribution in [2.75, 3.05) is 0 Å². The van der Waals surface area contributed by atoms with E-state index >= 15 is 0 Å². The van der Waals surface area contributed by atoms with Gasteiger partial charge in [0.25, 0.3) is 0 Å². The van der Waals surface area contributed by atoms with Crippen molar-refractivity contribution in [3.05, 3.63) is 162 Å². The van der Waals surface area contributed by atoms with E-state index in [-0.39, 0.29) is 11.9 Å². The van der Waals surface area contributed by atoms with Gasteiger partial charge in [-0.25, -0.2) is 0 Å². The van der Waals surface area contributed by atoms with E-state index in [2.05, 4.69) is 77.1 Å². The molecule has 6 rings (SSSR count). The predicted molar refractivity (Wildman–Crippen MR) is 195 cm³/mol. The van der Waals surface area contributed by atoms with E-state index in [9.17, 15) is 4.79 Å². The lowest BCUT2D eigenvalue weighted by atomic mass is 9.77. The molecule has 7 heteroatoms. The van der Waals surface area contributed by atoms with Crippen molar-refractivity contribution in [2.24, 2.45) is 5.92 Å². The molecule has 0 radical (unpaired) electrons. The SMILES string of the molecule is CC(C)[C@H](NCc1ccc(-c2ccccc2-c2nnn(C(c3ccccc3)(c3ccccc3)c3ccccc3)n2)cc1)C(=O)OC(C)(C)C. The summed E-state index contributed by atoms with van der Waals surface area (Å²) in [5, 5.41) is 18.0. The van der Waals surface area contributed by atoms with Crippen LogP contribution in [0.25, 0.3) is 22.5 Å². The number of ether oxygens (including phenoxy) is 1. The van der Waals surface area contributed by atoms with E-state index < -0.39 is 17.2 Å². The number of esters is 1. The number of tetrazole rings is 1. The maximum atomic E-state index is 12.8. The molecule has 0 bridgehead atoms. The van der Waals surface area contributed by atoms with Gasteiger partial charge < -0.3 is 10.1 Å². The largest absolute Gasteiger partial charge is 0.459 e. The number of nitrogens with one attached hydrogen (secondary N) is 1. The molecular formula is C42H43N5O2. The smallest absolute Gasteiger partial charge is 0.323 e. The van der Waals surface area contributed by atoms with Gasteiger partial charge in [-0.15, -0.1) is 15.0 Å². The van der Waals surface area contributed by atoms with Crippen LogP contribution < -0.4 is 5.32 Å². The highest BCUT2D eigenvalue weighted by molar-refractivity contribution is 5.80. The molecule has 1 atom stereocenters. The molecule has 7 nitrogen and oxygen atoms in total. The highest BCUT2D eigenvalue weighted by atomic mass is 16.6. The minimum Gasteiger partial charge on any atom is -0.459 e. The van der Waals surface area contributed by atoms with Crippen molar-refractivity contribution in [3.63, 3.8) is 0 Å². The van der Waals surface area contributed by atoms with Crippen molar-refractivity contribution in [3.8, 4) is 22.5 Å². The third-order valence-corrected chi connectivity index (χ3v) is 8.57. The van der Waals surface area contributed by atoms with Gasteiger partial charge in [0.2, 0.25) is 5.82 Å². The van der Waals surface area contributed by atoms with Crippen molar-refractivity contribution < 1.29 is 9.53 Å². The summed E-state index contributed by atoms with van der Waals surface area (Å²) in [4.78, 5) is 14.6. The van der Waals surface area contributed by atoms with E-state index in [1.165, 1.54) is 0 Å². The van der Waals surface area contributed by atoms with Crippen LogP contribution in [0.3, 0.4) is 0 Å². The summed E-state index contributed by atoms with van der Waals surface area (Å²) in [5.74, 6) is 0.390. The number of carbonyl (C=O) groups is 1. The second-order valence-electron chi connectivity index (χ2n) is 13.6. The van der Waals surface area contributed by atoms with Crippen LogP contribution in [-0.4, -0.2) is 37.8 Å². The molecule has 0 fully saturated rings. The summed E-state index contributed by atoms with van der Waals surface area (Å²) < 4.78 is 5.66. The Hall–Kier alpha value is -5.40. The molecule has 6 aromatic rings. The monoisotopic (exact) mass is 649 g/mol. The molecule has 0 aliphatic carbocycles. The maximum absolute atomic E-state index is 12.8. The Kier molecular flexibility index (Phi) is 9.83. The topological polar surface area (TPSA) is 81.9 Å². The molecule has 0 amide bonds. The average molecular weight is 650 g/mol. The molecular weight excluding hydrogens is 606 g/mol. The minimum atomic E-state index is -0.855. The zero-order chi connectivity index (χ0) is 34.4. The van der Waals surface area contributed by atoms with Gasteiger partial charge in [0.15, 0.2) is 5.54 Å². The zero-order valence-corrected chi connectivity index (χ0v) is 28.7. The van der Waals surface area contributed by atoms with Gasteiger partial charge in [-0.05, 0) is 65.3 Å². The van der Waals surface area contributed by atoms with Crippen LogP contribution in [0.5, 0.6) is 0 Å². The Bertz CT molecular complexity index is 1870. The van der Waals surface area contributed by atoms with Crippen LogP contribution in [0, 0.1) is 5.92 Å². The Morgan fingerprint density at radius 2 is 1.18 bits per heavy atom. The Morgan fingerprint density at radius 3 is 1.67 bits per heavy atom. The number of carbonyl (C=O) groups excluding carboxylic acids is 1. The highest BCUT2D eigenvalue weighted by Crippen LogP contribution is 2.40. The molecule has 0 saturated carbocycles. The summed E-state index contributed by atoms with van der Waals surface area (Å²) >= 11 is 0. The molecule has 0 aliphatic heterocycles. The Morgan fingerprint density at radius 1 is 0.694 bits per heavy atom. The fourth-order valence-electron chi connectivity index (χ4n) is 6.26. The molecule has 1 N–H and O–H groups in total. The average Bonchev–Trinajstić information content (AvgIpc) is 3.60. The summed E-state index contributed by atoms with van der Waals surface area (Å²) in [6.45, 7) is 10.3. The first-order valence-corrected chi connectivity index (χ1v) is 16.8. The molecule has 1 aromatic heterocycles. The number of rotatable bonds is 11. The predicted octanol–water partition coefficient (Wildman–Crippen LogP) is 8.30. The fourth-order valence-corrected chi connectivity index (χ4v) is 6.26. The summed E-state index contributed by atoms with van der Waals surface area (Å²) in [6.07, 6.45) is 0. The molecule has 248 valence electrons. The van der Waals surface area contributed by atoms with Crippen molar-refractivity contribution in [1.82, 2.24) is 25.5 Å². The zero-order valence-electron chi connectivity index (χ0n) is 28.7. The Labute approximate surface area is 289 Å². The lowest BCUT2D eigenvalue weighted by Gasteiger charge is -2.34. The van der Waals surface area contributed by atoms with Crippen LogP contribution >= 0.6 is 0 Å². The molecule has 0 aliphatic rings. The highest BCUT2D eigenvalue weighted by Gasteiger charge is 2.41. The van der Waals surface area contributed by atoms with E-state index in [0.29, 0.717) is 12.4 Å². The number of nitrogens with zero attached hydrogens (tertiary/aromatic N) is 4. The quantitative estimate of drug-likeness (QED) is 0.112. The Balaban J connectivity index is 1.34. The van der Waals surface area contributed by atoms with Crippen molar-refractivity contribution in [2.45, 2.75) is 58.3 Å². The van der Waals surface area contributed by atoms with E-state index in [4.69, 9.17) is 15.0 Å². The summed E-state index contributed by atoms with van der Waals surface area (Å²) in [5.41, 5.74) is 5.67. The minimum absolute atomic E-state index is 0.0892. The lowest BCUT2D eigenvalue weighted by Crippen LogP contribution is -2.44. The van der Waals surface area contributed by atoms with E-state index in [0.717, 1.165) is 38.9 Å². The first-order chi connectivity index (χ1) is 23.7. The van der Waals surface area contributed by atoms with Gasteiger partial charge >= 0.3 is 5.97 Å². The van der Waals surface area contributed by atoms with Crippen LogP contribution in [0.2, 0.25) is 0 Å². The molecule has 1 heterocycles. The summed E-state index contributed by atoms with van der Waals surface area (Å²) in [6, 6.07) is 47.1. The number of hydrogen-bond donors (Lipinski definition) is 1. The first kappa shape index (κ1) is 33.5. The molecule has 49 heavy (non-hydrogen) atoms. The van der Waals surface area contributed by atoms with Crippen LogP contribution in [0.4, 0.5) is 0 Å². The lowest BCUT2D eigenvalue weighted by molar-refractivity contribution is -0.158. The second kappa shape index (κ2) is 14.4. The number of benzene rings is 5. The summed E-state index contributed by atoms with van der Waals surface area (Å²) in [7, 11) is 0. The van der Waals surface area contributed by atoms with Gasteiger partial charge in [-0.1, -0.05) is 153 Å². The third kappa shape index (κ3) is 7.22. The van der Waals surface area contributed by atoms with Crippen LogP contribution in [0.15, 0.2) is 140 Å². The maximum Gasteiger partial charge on any atom is 0.323 e.